The fourth-order valence-corrected chi connectivity index (χ4v) is 4.06. The third-order valence-corrected chi connectivity index (χ3v) is 5.94. The molecule has 0 bridgehead atoms. The molecule has 2 saturated heterocycles. The molecule has 9 heteroatoms. The minimum atomic E-state index is -3.87. The standard InChI is InChI=1S/C17H23N3O5S/c21-16(20-7-1-2-8-20)11-18-26(23,24)15-5-3-4-13(10-15)17(22)19-14-6-9-25-12-14/h3-5,10,14,18H,1-2,6-9,11-12H2,(H,19,22)/t14-/m1/s1. The van der Waals surface area contributed by atoms with Crippen LogP contribution in [0.25, 0.3) is 0 Å². The Hall–Kier alpha value is -1.97. The van der Waals surface area contributed by atoms with Gasteiger partial charge in [0.2, 0.25) is 15.9 Å². The van der Waals surface area contributed by atoms with Crippen LogP contribution in [0.2, 0.25) is 0 Å². The van der Waals surface area contributed by atoms with Crippen LogP contribution in [0.4, 0.5) is 0 Å². The molecule has 0 unspecified atom stereocenters. The lowest BCUT2D eigenvalue weighted by molar-refractivity contribution is -0.128. The molecular formula is C17H23N3O5S. The number of likely N-dealkylation sites (tertiary alicyclic amines) is 1. The topological polar surface area (TPSA) is 105 Å². The second-order valence-corrected chi connectivity index (χ2v) is 8.24. The number of carbonyl (C=O) groups is 2. The van der Waals surface area contributed by atoms with Crippen molar-refractivity contribution in [3.63, 3.8) is 0 Å². The Balaban J connectivity index is 1.63. The molecule has 1 aromatic carbocycles. The average molecular weight is 381 g/mol. The number of carbonyl (C=O) groups excluding carboxylic acids is 2. The van der Waals surface area contributed by atoms with Gasteiger partial charge in [0.05, 0.1) is 24.1 Å². The first-order valence-electron chi connectivity index (χ1n) is 8.72. The molecule has 2 aliphatic heterocycles. The van der Waals surface area contributed by atoms with Gasteiger partial charge in [-0.25, -0.2) is 13.1 Å². The summed E-state index contributed by atoms with van der Waals surface area (Å²) in [5.41, 5.74) is 0.255. The van der Waals surface area contributed by atoms with Crippen molar-refractivity contribution in [1.82, 2.24) is 14.9 Å². The highest BCUT2D eigenvalue weighted by atomic mass is 32.2. The molecule has 0 spiro atoms. The van der Waals surface area contributed by atoms with Crippen LogP contribution in [0.1, 0.15) is 29.6 Å². The molecule has 2 aliphatic rings. The highest BCUT2D eigenvalue weighted by molar-refractivity contribution is 7.89. The summed E-state index contributed by atoms with van der Waals surface area (Å²) in [5, 5.41) is 2.82. The van der Waals surface area contributed by atoms with Gasteiger partial charge in [0.25, 0.3) is 5.91 Å². The Morgan fingerprint density at radius 1 is 1.23 bits per heavy atom. The van der Waals surface area contributed by atoms with E-state index in [4.69, 9.17) is 4.74 Å². The number of sulfonamides is 1. The average Bonchev–Trinajstić information content (AvgIpc) is 3.33. The summed E-state index contributed by atoms with van der Waals surface area (Å²) < 4.78 is 32.4. The molecular weight excluding hydrogens is 358 g/mol. The van der Waals surface area contributed by atoms with Gasteiger partial charge in [0, 0.05) is 25.3 Å². The Bertz CT molecular complexity index is 768. The third kappa shape index (κ3) is 4.60. The van der Waals surface area contributed by atoms with E-state index in [1.165, 1.54) is 18.2 Å². The molecule has 26 heavy (non-hydrogen) atoms. The lowest BCUT2D eigenvalue weighted by atomic mass is 10.2. The number of nitrogens with one attached hydrogen (secondary N) is 2. The SMILES string of the molecule is O=C(N[C@@H]1CCOC1)c1cccc(S(=O)(=O)NCC(=O)N2CCCC2)c1. The lowest BCUT2D eigenvalue weighted by Crippen LogP contribution is -2.38. The van der Waals surface area contributed by atoms with Crippen molar-refractivity contribution in [3.8, 4) is 0 Å². The van der Waals surface area contributed by atoms with Crippen LogP contribution in [0, 0.1) is 0 Å². The second kappa shape index (κ2) is 8.15. The molecule has 2 heterocycles. The fraction of sp³-hybridized carbons (Fsp3) is 0.529. The second-order valence-electron chi connectivity index (χ2n) is 6.47. The van der Waals surface area contributed by atoms with Crippen LogP contribution in [-0.4, -0.2) is 64.0 Å². The van der Waals surface area contributed by atoms with E-state index in [2.05, 4.69) is 10.0 Å². The number of ether oxygens (including phenoxy) is 1. The zero-order chi connectivity index (χ0) is 18.6. The Morgan fingerprint density at radius 3 is 2.69 bits per heavy atom. The van der Waals surface area contributed by atoms with E-state index in [9.17, 15) is 18.0 Å². The highest BCUT2D eigenvalue weighted by Gasteiger charge is 2.23. The van der Waals surface area contributed by atoms with Gasteiger partial charge in [-0.15, -0.1) is 0 Å². The minimum Gasteiger partial charge on any atom is -0.379 e. The van der Waals surface area contributed by atoms with E-state index in [-0.39, 0.29) is 34.9 Å². The zero-order valence-corrected chi connectivity index (χ0v) is 15.3. The van der Waals surface area contributed by atoms with Crippen molar-refractivity contribution in [2.75, 3.05) is 32.8 Å². The molecule has 1 aromatic rings. The van der Waals surface area contributed by atoms with E-state index in [1.807, 2.05) is 0 Å². The van der Waals surface area contributed by atoms with Gasteiger partial charge in [-0.05, 0) is 37.5 Å². The Morgan fingerprint density at radius 2 is 2.00 bits per heavy atom. The summed E-state index contributed by atoms with van der Waals surface area (Å²) in [5.74, 6) is -0.577. The smallest absolute Gasteiger partial charge is 0.251 e. The molecule has 0 aromatic heterocycles. The van der Waals surface area contributed by atoms with E-state index in [1.54, 1.807) is 11.0 Å². The molecule has 0 radical (unpaired) electrons. The minimum absolute atomic E-state index is 0.0398. The summed E-state index contributed by atoms with van der Waals surface area (Å²) in [4.78, 5) is 25.9. The summed E-state index contributed by atoms with van der Waals surface area (Å²) in [6, 6.07) is 5.72. The number of hydrogen-bond acceptors (Lipinski definition) is 5. The highest BCUT2D eigenvalue weighted by Crippen LogP contribution is 2.13. The van der Waals surface area contributed by atoms with Crippen molar-refractivity contribution in [2.45, 2.75) is 30.2 Å². The van der Waals surface area contributed by atoms with Crippen LogP contribution in [0.15, 0.2) is 29.2 Å². The summed E-state index contributed by atoms with van der Waals surface area (Å²) >= 11 is 0. The van der Waals surface area contributed by atoms with E-state index >= 15 is 0 Å². The largest absolute Gasteiger partial charge is 0.379 e. The van der Waals surface area contributed by atoms with E-state index in [0.29, 0.717) is 26.3 Å². The zero-order valence-electron chi connectivity index (χ0n) is 14.4. The van der Waals surface area contributed by atoms with Crippen LogP contribution >= 0.6 is 0 Å². The summed E-state index contributed by atoms with van der Waals surface area (Å²) in [6.07, 6.45) is 2.63. The molecule has 2 N–H and O–H groups in total. The quantitative estimate of drug-likeness (QED) is 0.728. The Labute approximate surface area is 152 Å². The molecule has 8 nitrogen and oxygen atoms in total. The normalized spacial score (nSPS) is 20.3. The number of benzene rings is 1. The molecule has 0 aliphatic carbocycles. The number of rotatable bonds is 6. The van der Waals surface area contributed by atoms with Crippen molar-refractivity contribution < 1.29 is 22.7 Å². The van der Waals surface area contributed by atoms with Crippen LogP contribution in [-0.2, 0) is 19.6 Å². The third-order valence-electron chi connectivity index (χ3n) is 4.54. The van der Waals surface area contributed by atoms with E-state index in [0.717, 1.165) is 19.3 Å². The van der Waals surface area contributed by atoms with Crippen LogP contribution < -0.4 is 10.0 Å². The maximum absolute atomic E-state index is 12.4. The van der Waals surface area contributed by atoms with Crippen molar-refractivity contribution in [1.29, 1.82) is 0 Å². The van der Waals surface area contributed by atoms with Crippen molar-refractivity contribution in [3.05, 3.63) is 29.8 Å². The first kappa shape index (κ1) is 18.8. The first-order chi connectivity index (χ1) is 12.5. The molecule has 142 valence electrons. The van der Waals surface area contributed by atoms with Gasteiger partial charge in [-0.3, -0.25) is 9.59 Å². The fourth-order valence-electron chi connectivity index (χ4n) is 3.04. The lowest BCUT2D eigenvalue weighted by Gasteiger charge is -2.16. The van der Waals surface area contributed by atoms with Gasteiger partial charge >= 0.3 is 0 Å². The van der Waals surface area contributed by atoms with Gasteiger partial charge in [0.1, 0.15) is 0 Å². The molecule has 3 rings (SSSR count). The molecule has 2 amide bonds. The van der Waals surface area contributed by atoms with Gasteiger partial charge in [-0.1, -0.05) is 6.07 Å². The monoisotopic (exact) mass is 381 g/mol. The first-order valence-corrected chi connectivity index (χ1v) is 10.2. The molecule has 2 fully saturated rings. The predicted octanol–water partition coefficient (Wildman–Crippen LogP) is 0.106. The van der Waals surface area contributed by atoms with Crippen LogP contribution in [0.5, 0.6) is 0 Å². The summed E-state index contributed by atoms with van der Waals surface area (Å²) in [7, 11) is -3.87. The van der Waals surface area contributed by atoms with Gasteiger partial charge < -0.3 is 15.0 Å². The number of hydrogen-bond donors (Lipinski definition) is 2. The summed E-state index contributed by atoms with van der Waals surface area (Å²) in [6.45, 7) is 2.12. The molecule has 1 atom stereocenters. The van der Waals surface area contributed by atoms with Crippen LogP contribution in [0.3, 0.4) is 0 Å². The number of amides is 2. The molecule has 0 saturated carbocycles. The maximum Gasteiger partial charge on any atom is 0.251 e. The Kier molecular flexibility index (Phi) is 5.90. The number of nitrogens with zero attached hydrogens (tertiary/aromatic N) is 1. The van der Waals surface area contributed by atoms with Gasteiger partial charge in [-0.2, -0.15) is 0 Å². The van der Waals surface area contributed by atoms with Gasteiger partial charge in [0.15, 0.2) is 0 Å². The van der Waals surface area contributed by atoms with Crippen molar-refractivity contribution >= 4 is 21.8 Å². The predicted molar refractivity (Wildman–Crippen MR) is 94.1 cm³/mol. The van der Waals surface area contributed by atoms with Crippen molar-refractivity contribution in [2.24, 2.45) is 0 Å². The maximum atomic E-state index is 12.4. The van der Waals surface area contributed by atoms with E-state index < -0.39 is 10.0 Å².